The fraction of sp³-hybridized carbons (Fsp3) is 0.238. The van der Waals surface area contributed by atoms with Crippen molar-refractivity contribution in [2.75, 3.05) is 23.3 Å². The monoisotopic (exact) mass is 439 g/mol. The van der Waals surface area contributed by atoms with Crippen molar-refractivity contribution in [3.63, 3.8) is 0 Å². The lowest BCUT2D eigenvalue weighted by Crippen LogP contribution is -2.62. The maximum atomic E-state index is 14.4. The molecule has 2 aliphatic heterocycles. The van der Waals surface area contributed by atoms with E-state index in [1.165, 1.54) is 21.8 Å². The van der Waals surface area contributed by atoms with E-state index in [-0.39, 0.29) is 24.7 Å². The summed E-state index contributed by atoms with van der Waals surface area (Å²) in [5.74, 6) is -0.750. The highest BCUT2D eigenvalue weighted by Crippen LogP contribution is 2.32. The Balaban J connectivity index is 1.45. The molecule has 0 spiro atoms. The van der Waals surface area contributed by atoms with Gasteiger partial charge >= 0.3 is 6.03 Å². The van der Waals surface area contributed by atoms with Crippen LogP contribution in [0.25, 0.3) is 5.65 Å². The number of carbonyl (C=O) groups excluding carboxylic acids is 1. The number of likely N-dealkylation sites (tertiary alicyclic amines) is 1. The number of amides is 2. The predicted molar refractivity (Wildman–Crippen MR) is 113 cm³/mol. The molecule has 0 bridgehead atoms. The Labute approximate surface area is 181 Å². The summed E-state index contributed by atoms with van der Waals surface area (Å²) in [4.78, 5) is 24.4. The van der Waals surface area contributed by atoms with Crippen LogP contribution in [0.2, 0.25) is 0 Å². The number of hydrogen-bond acceptors (Lipinski definition) is 6. The first-order valence-corrected chi connectivity index (χ1v) is 9.87. The molecule has 0 radical (unpaired) electrons. The number of benzene rings is 1. The number of halogens is 2. The molecule has 1 atom stereocenters. The topological polar surface area (TPSA) is 98.4 Å². The van der Waals surface area contributed by atoms with Crippen LogP contribution in [0.1, 0.15) is 18.7 Å². The number of aliphatic hydroxyl groups is 1. The van der Waals surface area contributed by atoms with Gasteiger partial charge in [-0.2, -0.15) is 5.10 Å². The SMILES string of the molecule is CC1(O)CN(C(=O)Nc2cnn3ccc(N4C=CC=N[C@H]4c4cc(F)ccc4F)nc23)C1. The molecule has 3 aromatic rings. The quantitative estimate of drug-likeness (QED) is 0.654. The molecule has 11 heteroatoms. The molecule has 2 aliphatic rings. The van der Waals surface area contributed by atoms with Gasteiger partial charge in [-0.1, -0.05) is 0 Å². The first kappa shape index (κ1) is 20.1. The van der Waals surface area contributed by atoms with Crippen LogP contribution in [0.5, 0.6) is 0 Å². The first-order chi connectivity index (χ1) is 15.3. The molecule has 1 aromatic carbocycles. The van der Waals surface area contributed by atoms with Gasteiger partial charge in [0.1, 0.15) is 23.1 Å². The second-order valence-corrected chi connectivity index (χ2v) is 7.98. The highest BCUT2D eigenvalue weighted by molar-refractivity contribution is 5.93. The lowest BCUT2D eigenvalue weighted by atomic mass is 9.98. The zero-order valence-electron chi connectivity index (χ0n) is 17.0. The van der Waals surface area contributed by atoms with Gasteiger partial charge in [0.25, 0.3) is 0 Å². The smallest absolute Gasteiger partial charge is 0.322 e. The molecule has 5 rings (SSSR count). The van der Waals surface area contributed by atoms with Gasteiger partial charge < -0.3 is 20.2 Å². The number of β-amino-alcohol motifs (C(OH)–C–C–N with tert-alkyl or cyclic N) is 1. The van der Waals surface area contributed by atoms with E-state index in [0.717, 1.165) is 18.2 Å². The van der Waals surface area contributed by atoms with Crippen LogP contribution in [0.15, 0.2) is 53.9 Å². The summed E-state index contributed by atoms with van der Waals surface area (Å²) >= 11 is 0. The predicted octanol–water partition coefficient (Wildman–Crippen LogP) is 2.71. The molecule has 2 amide bonds. The van der Waals surface area contributed by atoms with Crippen LogP contribution in [-0.4, -0.2) is 55.5 Å². The van der Waals surface area contributed by atoms with Gasteiger partial charge in [0.2, 0.25) is 0 Å². The van der Waals surface area contributed by atoms with Crippen LogP contribution >= 0.6 is 0 Å². The number of carbonyl (C=O) groups is 1. The summed E-state index contributed by atoms with van der Waals surface area (Å²) in [6, 6.07) is 4.50. The minimum Gasteiger partial charge on any atom is -0.386 e. The number of nitrogens with one attached hydrogen (secondary N) is 1. The van der Waals surface area contributed by atoms with Crippen molar-refractivity contribution < 1.29 is 18.7 Å². The van der Waals surface area contributed by atoms with E-state index in [1.54, 1.807) is 36.4 Å². The van der Waals surface area contributed by atoms with Crippen LogP contribution in [0, 0.1) is 11.6 Å². The van der Waals surface area contributed by atoms with Crippen molar-refractivity contribution in [3.8, 4) is 0 Å². The molecular formula is C21H19F2N7O2. The molecule has 9 nitrogen and oxygen atoms in total. The molecular weight excluding hydrogens is 420 g/mol. The lowest BCUT2D eigenvalue weighted by molar-refractivity contribution is -0.0581. The summed E-state index contributed by atoms with van der Waals surface area (Å²) in [6.07, 6.45) is 7.10. The zero-order chi connectivity index (χ0) is 22.5. The average molecular weight is 439 g/mol. The van der Waals surface area contributed by atoms with Gasteiger partial charge in [0.15, 0.2) is 11.8 Å². The summed E-state index contributed by atoms with van der Waals surface area (Å²) in [7, 11) is 0. The van der Waals surface area contributed by atoms with Crippen LogP contribution in [0.3, 0.4) is 0 Å². The van der Waals surface area contributed by atoms with Gasteiger partial charge in [-0.25, -0.2) is 23.1 Å². The van der Waals surface area contributed by atoms with E-state index in [2.05, 4.69) is 20.4 Å². The molecule has 32 heavy (non-hydrogen) atoms. The second-order valence-electron chi connectivity index (χ2n) is 7.98. The number of allylic oxidation sites excluding steroid dienone is 1. The third-order valence-electron chi connectivity index (χ3n) is 5.27. The van der Waals surface area contributed by atoms with Crippen molar-refractivity contribution in [3.05, 3.63) is 66.1 Å². The third-order valence-corrected chi connectivity index (χ3v) is 5.27. The van der Waals surface area contributed by atoms with Crippen LogP contribution in [0.4, 0.5) is 25.1 Å². The molecule has 1 saturated heterocycles. The summed E-state index contributed by atoms with van der Waals surface area (Å²) in [5, 5.41) is 16.8. The Morgan fingerprint density at radius 3 is 2.88 bits per heavy atom. The highest BCUT2D eigenvalue weighted by Gasteiger charge is 2.39. The highest BCUT2D eigenvalue weighted by atomic mass is 19.1. The van der Waals surface area contributed by atoms with E-state index in [9.17, 15) is 18.7 Å². The number of rotatable bonds is 3. The van der Waals surface area contributed by atoms with Crippen molar-refractivity contribution >= 4 is 29.4 Å². The van der Waals surface area contributed by atoms with E-state index >= 15 is 0 Å². The number of nitrogens with zero attached hydrogens (tertiary/aromatic N) is 6. The standard InChI is InChI=1S/C21H19F2N7O2/c1-21(32)11-28(12-21)20(31)26-16-10-25-30-8-5-17(27-19(16)30)29-7-2-6-24-18(29)14-9-13(22)3-4-15(14)23/h2-10,18,32H,11-12H2,1H3,(H,26,31)/t18-/m1/s1. The van der Waals surface area contributed by atoms with Crippen molar-refractivity contribution in [2.45, 2.75) is 18.7 Å². The van der Waals surface area contributed by atoms with Crippen molar-refractivity contribution in [2.24, 2.45) is 4.99 Å². The zero-order valence-corrected chi connectivity index (χ0v) is 17.0. The van der Waals surface area contributed by atoms with Crippen LogP contribution in [-0.2, 0) is 0 Å². The number of urea groups is 1. The Kier molecular flexibility index (Phi) is 4.63. The van der Waals surface area contributed by atoms with Crippen LogP contribution < -0.4 is 10.2 Å². The summed E-state index contributed by atoms with van der Waals surface area (Å²) < 4.78 is 29.7. The number of aromatic nitrogens is 3. The summed E-state index contributed by atoms with van der Waals surface area (Å²) in [6.45, 7) is 2.12. The molecule has 4 heterocycles. The Morgan fingerprint density at radius 2 is 2.09 bits per heavy atom. The molecule has 1 fully saturated rings. The minimum atomic E-state index is -0.883. The Hall–Kier alpha value is -3.86. The Bertz CT molecular complexity index is 1260. The maximum absolute atomic E-state index is 14.4. The molecule has 0 unspecified atom stereocenters. The van der Waals surface area contributed by atoms with Gasteiger partial charge in [-0.05, 0) is 37.3 Å². The van der Waals surface area contributed by atoms with Gasteiger partial charge in [-0.3, -0.25) is 4.99 Å². The van der Waals surface area contributed by atoms with E-state index < -0.39 is 23.4 Å². The average Bonchev–Trinajstić information content (AvgIpc) is 3.15. The van der Waals surface area contributed by atoms with Gasteiger partial charge in [0, 0.05) is 24.2 Å². The Morgan fingerprint density at radius 1 is 1.28 bits per heavy atom. The lowest BCUT2D eigenvalue weighted by Gasteiger charge is -2.43. The molecule has 2 aromatic heterocycles. The van der Waals surface area contributed by atoms with E-state index in [0.29, 0.717) is 17.2 Å². The fourth-order valence-electron chi connectivity index (χ4n) is 3.77. The van der Waals surface area contributed by atoms with Gasteiger partial charge in [-0.15, -0.1) is 0 Å². The number of hydrogen-bond donors (Lipinski definition) is 2. The minimum absolute atomic E-state index is 0.0687. The normalized spacial score (nSPS) is 19.3. The molecule has 0 aliphatic carbocycles. The third kappa shape index (κ3) is 3.56. The van der Waals surface area contributed by atoms with E-state index in [4.69, 9.17) is 0 Å². The van der Waals surface area contributed by atoms with E-state index in [1.807, 2.05) is 0 Å². The molecule has 2 N–H and O–H groups in total. The van der Waals surface area contributed by atoms with Crippen molar-refractivity contribution in [1.29, 1.82) is 0 Å². The number of aliphatic imine (C=N–C) groups is 1. The number of fused-ring (bicyclic) bond motifs is 1. The summed E-state index contributed by atoms with van der Waals surface area (Å²) in [5.41, 5.74) is -0.0725. The molecule has 0 saturated carbocycles. The fourth-order valence-corrected chi connectivity index (χ4v) is 3.77. The largest absolute Gasteiger partial charge is 0.386 e. The van der Waals surface area contributed by atoms with Crippen molar-refractivity contribution in [1.82, 2.24) is 19.5 Å². The maximum Gasteiger partial charge on any atom is 0.322 e. The second kappa shape index (κ2) is 7.38. The first-order valence-electron chi connectivity index (χ1n) is 9.87. The van der Waals surface area contributed by atoms with Gasteiger partial charge in [0.05, 0.1) is 24.9 Å². The number of anilines is 2. The molecule has 164 valence electrons.